The maximum Gasteiger partial charge on any atom is 0.413 e. The molecule has 2 N–H and O–H groups in total. The van der Waals surface area contributed by atoms with Crippen molar-refractivity contribution < 1.29 is 81.0 Å². The number of aromatic nitrogens is 3. The number of methoxy groups -OCH3 is 4. The zero-order chi connectivity index (χ0) is 74.0. The Balaban J connectivity index is 1.04. The third-order valence-electron chi connectivity index (χ3n) is 16.1. The molecule has 7 aromatic rings. The van der Waals surface area contributed by atoms with Crippen LogP contribution in [-0.4, -0.2) is 142 Å². The second kappa shape index (κ2) is 35.6. The molecule has 28 heteroatoms. The summed E-state index contributed by atoms with van der Waals surface area (Å²) in [6.07, 6.45) is 0.136. The summed E-state index contributed by atoms with van der Waals surface area (Å²) in [6, 6.07) is 30.8. The van der Waals surface area contributed by atoms with E-state index in [0.717, 1.165) is 48.1 Å². The molecule has 0 aliphatic carbocycles. The maximum absolute atomic E-state index is 15.2. The van der Waals surface area contributed by atoms with Gasteiger partial charge in [0.25, 0.3) is 11.8 Å². The number of thiazole rings is 1. The van der Waals surface area contributed by atoms with E-state index in [4.69, 9.17) is 57.3 Å². The van der Waals surface area contributed by atoms with Gasteiger partial charge in [0.05, 0.1) is 45.8 Å². The number of rotatable bonds is 34. The van der Waals surface area contributed by atoms with Crippen LogP contribution < -0.4 is 44.5 Å². The van der Waals surface area contributed by atoms with Crippen LogP contribution in [0.1, 0.15) is 121 Å². The molecule has 0 unspecified atom stereocenters. The van der Waals surface area contributed by atoms with E-state index in [2.05, 4.69) is 27.7 Å². The number of ether oxygens (including phenoxy) is 10. The summed E-state index contributed by atoms with van der Waals surface area (Å²) in [5.41, 5.74) is 1.18. The van der Waals surface area contributed by atoms with Crippen molar-refractivity contribution in [3.8, 4) is 34.5 Å². The molecule has 3 amide bonds. The van der Waals surface area contributed by atoms with Crippen LogP contribution in [0.3, 0.4) is 0 Å². The fourth-order valence-electron chi connectivity index (χ4n) is 10.9. The number of β-lactam (4-membered cyclic amide) rings is 1. The summed E-state index contributed by atoms with van der Waals surface area (Å²) in [7, 11) is 6.24. The molecule has 4 heterocycles. The van der Waals surface area contributed by atoms with Crippen LogP contribution in [0.25, 0.3) is 10.9 Å². The number of hydrogen-bond acceptors (Lipinski definition) is 24. The van der Waals surface area contributed by atoms with Gasteiger partial charge in [0.2, 0.25) is 11.5 Å². The lowest BCUT2D eigenvalue weighted by atomic mass is 10.0. The Morgan fingerprint density at radius 1 is 0.680 bits per heavy atom. The number of aryl methyl sites for hydroxylation is 1. The molecule has 1 saturated heterocycles. The van der Waals surface area contributed by atoms with Crippen LogP contribution in [-0.2, 0) is 87.3 Å². The van der Waals surface area contributed by atoms with Gasteiger partial charge in [-0.05, 0) is 144 Å². The number of benzene rings is 5. The topological polar surface area (TPSA) is 295 Å². The minimum absolute atomic E-state index is 0.0217. The molecular formula is C75H88N8O18S2. The molecular weight excluding hydrogens is 1360 g/mol. The van der Waals surface area contributed by atoms with E-state index in [9.17, 15) is 24.0 Å². The molecule has 2 aliphatic rings. The van der Waals surface area contributed by atoms with E-state index in [1.165, 1.54) is 36.3 Å². The summed E-state index contributed by atoms with van der Waals surface area (Å²) in [4.78, 5) is 114. The van der Waals surface area contributed by atoms with Gasteiger partial charge in [0.1, 0.15) is 89.1 Å². The van der Waals surface area contributed by atoms with E-state index < -0.39 is 76.7 Å². The molecule has 1 fully saturated rings. The second-order valence-electron chi connectivity index (χ2n) is 26.1. The fourth-order valence-corrected chi connectivity index (χ4v) is 12.9. The molecule has 3 atom stereocenters. The second-order valence-corrected chi connectivity index (χ2v) is 28.1. The van der Waals surface area contributed by atoms with Crippen molar-refractivity contribution in [1.29, 1.82) is 0 Å². The van der Waals surface area contributed by atoms with Gasteiger partial charge in [-0.3, -0.25) is 39.0 Å². The van der Waals surface area contributed by atoms with E-state index >= 15 is 9.59 Å². The van der Waals surface area contributed by atoms with E-state index in [0.29, 0.717) is 75.2 Å². The standard InChI is InChI=1S/C75H88N8O18S2/c1-13-15-16-17-34-81(39-56-66(85)55-35-59(95-40-46-18-26-51(91-9)27-19-46)60(36-58(55)82(14-2)79-56)96-41-47-20-28-52(92-10)29-21-47)38-50-44-102-69-64(68(87)83(69)65(50)71(89)98-43-49-24-32-54(94-12)33-25-49)77-67(86)63(57-45-103-72(76-57)78-73(90)100-75(6,7)8)80-101-61(37-62(84)99-74(3,4)5)70(88)97-42-48-22-30-53(93-11)31-23-48/h18-33,35-36,45,61,64,69H,13-17,34,37-44H2,1-12H3,(H,77,86)(H,76,78,90)/b80-63-/t61-,64+,69+/m0/s1. The SMILES string of the molecule is CCCCCCN(CC1=C(C(=O)OCc2ccc(OC)cc2)N2C(=O)[C@@H](NC(=O)/C(=N\O[C@@H](CC(=O)OC(C)(C)C)C(=O)OCc3ccc(OC)cc3)c3csc(NC(=O)OC(C)(C)C)n3)[C@H]2SC1)Cc1nn(CC)c2cc(OCc3ccc(OC)cc3)c(OCc3ccc(OC)cc3)cc2c1=O. The van der Waals surface area contributed by atoms with Crippen LogP contribution in [0.5, 0.6) is 34.5 Å². The van der Waals surface area contributed by atoms with Crippen LogP contribution in [0, 0.1) is 0 Å². The summed E-state index contributed by atoms with van der Waals surface area (Å²) >= 11 is 2.18. The largest absolute Gasteiger partial charge is 0.497 e. The highest BCUT2D eigenvalue weighted by Gasteiger charge is 2.55. The van der Waals surface area contributed by atoms with E-state index in [1.807, 2.05) is 60.4 Å². The Kier molecular flexibility index (Phi) is 26.6. The van der Waals surface area contributed by atoms with Crippen molar-refractivity contribution in [3.63, 3.8) is 0 Å². The van der Waals surface area contributed by atoms with Gasteiger partial charge in [-0.1, -0.05) is 79.9 Å². The van der Waals surface area contributed by atoms with E-state index in [1.54, 1.807) is 121 Å². The number of amides is 3. The van der Waals surface area contributed by atoms with Crippen molar-refractivity contribution in [1.82, 2.24) is 29.9 Å². The molecule has 0 spiro atoms. The van der Waals surface area contributed by atoms with Crippen molar-refractivity contribution in [2.45, 2.75) is 156 Å². The Hall–Kier alpha value is -10.2. The molecule has 2 aliphatic heterocycles. The van der Waals surface area contributed by atoms with Crippen molar-refractivity contribution >= 4 is 80.7 Å². The summed E-state index contributed by atoms with van der Waals surface area (Å²) in [5.74, 6) is -1.01. The minimum atomic E-state index is -1.79. The highest BCUT2D eigenvalue weighted by Crippen LogP contribution is 2.42. The normalized spacial score (nSPS) is 14.7. The van der Waals surface area contributed by atoms with Crippen molar-refractivity contribution in [3.05, 3.63) is 170 Å². The predicted molar refractivity (Wildman–Crippen MR) is 387 cm³/mol. The number of nitrogens with one attached hydrogen (secondary N) is 2. The molecule has 9 rings (SSSR count). The van der Waals surface area contributed by atoms with Crippen LogP contribution in [0.2, 0.25) is 0 Å². The maximum atomic E-state index is 15.2. The van der Waals surface area contributed by atoms with Gasteiger partial charge in [-0.25, -0.2) is 19.4 Å². The molecule has 5 aromatic carbocycles. The van der Waals surface area contributed by atoms with Gasteiger partial charge in [-0.15, -0.1) is 23.1 Å². The summed E-state index contributed by atoms with van der Waals surface area (Å²) in [5, 5.41) is 15.2. The first-order valence-corrected chi connectivity index (χ1v) is 35.6. The third-order valence-corrected chi connectivity index (χ3v) is 18.2. The lowest BCUT2D eigenvalue weighted by Crippen LogP contribution is -2.71. The Bertz CT molecular complexity index is 4240. The number of thioether (sulfide) groups is 1. The third kappa shape index (κ3) is 21.2. The van der Waals surface area contributed by atoms with Crippen LogP contribution in [0.15, 0.2) is 136 Å². The predicted octanol–water partition coefficient (Wildman–Crippen LogP) is 11.5. The number of fused-ring (bicyclic) bond motifs is 2. The van der Waals surface area contributed by atoms with Crippen molar-refractivity contribution in [2.75, 3.05) is 52.6 Å². The molecule has 26 nitrogen and oxygen atoms in total. The van der Waals surface area contributed by atoms with Gasteiger partial charge in [0, 0.05) is 36.8 Å². The van der Waals surface area contributed by atoms with Gasteiger partial charge >= 0.3 is 24.0 Å². The number of esters is 3. The number of carbonyl (C=O) groups excluding carboxylic acids is 6. The van der Waals surface area contributed by atoms with E-state index in [-0.39, 0.29) is 72.9 Å². The molecule has 0 bridgehead atoms. The average Bonchev–Trinajstić information content (AvgIpc) is 0.803. The van der Waals surface area contributed by atoms with Gasteiger partial charge in [-0.2, -0.15) is 5.10 Å². The number of unbranched alkanes of at least 4 members (excludes halogenated alkanes) is 3. The number of anilines is 1. The number of nitrogens with zero attached hydrogens (tertiary/aromatic N) is 6. The fraction of sp³-hybridized carbons (Fsp3) is 0.413. The molecule has 2 aromatic heterocycles. The molecule has 0 radical (unpaired) electrons. The van der Waals surface area contributed by atoms with Crippen molar-refractivity contribution in [2.24, 2.45) is 5.16 Å². The first-order chi connectivity index (χ1) is 49.4. The minimum Gasteiger partial charge on any atom is -0.497 e. The summed E-state index contributed by atoms with van der Waals surface area (Å²) < 4.78 is 58.8. The first-order valence-electron chi connectivity index (χ1n) is 33.7. The Labute approximate surface area is 606 Å². The smallest absolute Gasteiger partial charge is 0.413 e. The van der Waals surface area contributed by atoms with Gasteiger partial charge in [0.15, 0.2) is 22.3 Å². The average molecular weight is 1450 g/mol. The quantitative estimate of drug-likeness (QED) is 0.00946. The van der Waals surface area contributed by atoms with Crippen LogP contribution >= 0.6 is 23.1 Å². The van der Waals surface area contributed by atoms with Crippen LogP contribution in [0.4, 0.5) is 9.93 Å². The highest BCUT2D eigenvalue weighted by atomic mass is 32.2. The number of oxime groups is 1. The molecule has 0 saturated carbocycles. The first kappa shape index (κ1) is 77.0. The molecule has 103 heavy (non-hydrogen) atoms. The van der Waals surface area contributed by atoms with Gasteiger partial charge < -0.3 is 57.5 Å². The summed E-state index contributed by atoms with van der Waals surface area (Å²) in [6.45, 7) is 14.9. The number of carbonyl (C=O) groups is 6. The lowest BCUT2D eigenvalue weighted by molar-refractivity contribution is -0.169. The Morgan fingerprint density at radius 2 is 1.22 bits per heavy atom. The lowest BCUT2D eigenvalue weighted by Gasteiger charge is -2.50. The molecule has 548 valence electrons. The zero-order valence-electron chi connectivity index (χ0n) is 59.9. The Morgan fingerprint density at radius 3 is 1.76 bits per heavy atom. The highest BCUT2D eigenvalue weighted by molar-refractivity contribution is 8.00. The monoisotopic (exact) mass is 1450 g/mol. The number of hydrogen-bond donors (Lipinski definition) is 2. The zero-order valence-corrected chi connectivity index (χ0v) is 61.6.